The summed E-state index contributed by atoms with van der Waals surface area (Å²) in [7, 11) is 1.25. The highest BCUT2D eigenvalue weighted by Crippen LogP contribution is 2.30. The molecule has 0 bridgehead atoms. The van der Waals surface area contributed by atoms with Gasteiger partial charge in [0.15, 0.2) is 17.6 Å². The number of rotatable bonds is 3. The van der Waals surface area contributed by atoms with Crippen LogP contribution >= 0.6 is 0 Å². The van der Waals surface area contributed by atoms with E-state index in [1.165, 1.54) is 18.4 Å². The maximum absolute atomic E-state index is 12.0. The lowest BCUT2D eigenvalue weighted by Crippen LogP contribution is -2.24. The monoisotopic (exact) mass is 324 g/mol. The van der Waals surface area contributed by atoms with E-state index in [-0.39, 0.29) is 36.2 Å². The molecule has 0 spiro atoms. The standard InChI is InChI=1S/C13H15N5O4.CH4/c14-3-1-2-7-11-12(15-6-16-13(11)21)18(17-7)10-4-8(20)9(5-19)22-10;/h6,8-10,19-20H,3-5,14H2,(H,15,16,21);1H4/i19D;1T. The molecule has 3 unspecified atom stereocenters. The Hall–Kier alpha value is -2.25. The summed E-state index contributed by atoms with van der Waals surface area (Å²) in [4.78, 5) is 18.6. The number of aromatic nitrogens is 4. The number of hydrogen-bond acceptors (Lipinski definition) is 7. The zero-order valence-electron chi connectivity index (χ0n) is 14.5. The second-order valence-electron chi connectivity index (χ2n) is 4.83. The fourth-order valence-electron chi connectivity index (χ4n) is 2.42. The number of aliphatic hydroxyl groups excluding tert-OH is 2. The smallest absolute Gasteiger partial charge is 0.263 e. The predicted octanol–water partition coefficient (Wildman–Crippen LogP) is -1.29. The molecule has 3 atom stereocenters. The van der Waals surface area contributed by atoms with Crippen LogP contribution in [0.25, 0.3) is 11.0 Å². The van der Waals surface area contributed by atoms with Gasteiger partial charge in [0.25, 0.3) is 5.56 Å². The molecule has 3 heterocycles. The van der Waals surface area contributed by atoms with E-state index in [1.54, 1.807) is 0 Å². The van der Waals surface area contributed by atoms with Crippen LogP contribution in [0.15, 0.2) is 11.1 Å². The molecule has 1 fully saturated rings. The van der Waals surface area contributed by atoms with Crippen molar-refractivity contribution in [1.29, 1.82) is 1.43 Å². The van der Waals surface area contributed by atoms with Crippen LogP contribution in [0.3, 0.4) is 0 Å². The summed E-state index contributed by atoms with van der Waals surface area (Å²) in [6.07, 6.45) is -0.570. The van der Waals surface area contributed by atoms with Crippen molar-refractivity contribution in [3.8, 4) is 11.8 Å². The van der Waals surface area contributed by atoms with Gasteiger partial charge >= 0.3 is 0 Å². The van der Waals surface area contributed by atoms with E-state index in [0.29, 0.717) is 5.65 Å². The van der Waals surface area contributed by atoms with Crippen molar-refractivity contribution in [3.63, 3.8) is 0 Å². The van der Waals surface area contributed by atoms with Gasteiger partial charge < -0.3 is 25.7 Å². The molecule has 1 saturated heterocycles. The second-order valence-corrected chi connectivity index (χ2v) is 4.83. The van der Waals surface area contributed by atoms with Gasteiger partial charge in [-0.1, -0.05) is 13.3 Å². The van der Waals surface area contributed by atoms with Crippen molar-refractivity contribution in [2.45, 2.75) is 32.3 Å². The minimum Gasteiger partial charge on any atom is -0.394 e. The van der Waals surface area contributed by atoms with Crippen LogP contribution in [0.5, 0.6) is 0 Å². The topological polar surface area (TPSA) is 139 Å². The molecule has 0 aliphatic carbocycles. The van der Waals surface area contributed by atoms with Gasteiger partial charge in [0.1, 0.15) is 11.5 Å². The van der Waals surface area contributed by atoms with Crippen molar-refractivity contribution >= 4 is 11.0 Å². The van der Waals surface area contributed by atoms with E-state index in [4.69, 9.17) is 13.3 Å². The van der Waals surface area contributed by atoms with Crippen LogP contribution in [-0.2, 0) is 4.74 Å². The molecule has 2 aromatic rings. The lowest BCUT2D eigenvalue weighted by molar-refractivity contribution is -0.0470. The van der Waals surface area contributed by atoms with Gasteiger partial charge in [0, 0.05) is 7.79 Å². The summed E-state index contributed by atoms with van der Waals surface area (Å²) in [5.41, 5.74) is 5.54. The first kappa shape index (κ1) is 14.3. The molecular formula is C14H19N5O4. The maximum Gasteiger partial charge on any atom is 0.263 e. The lowest BCUT2D eigenvalue weighted by atomic mass is 10.2. The van der Waals surface area contributed by atoms with Crippen LogP contribution in [0.2, 0.25) is 0 Å². The molecule has 1 aliphatic heterocycles. The number of nitrogens with zero attached hydrogens (tertiary/aromatic N) is 3. The molecule has 9 heteroatoms. The number of nitrogens with two attached hydrogens (primary N) is 1. The highest BCUT2D eigenvalue weighted by molar-refractivity contribution is 5.80. The fourth-order valence-corrected chi connectivity index (χ4v) is 2.42. The van der Waals surface area contributed by atoms with Gasteiger partial charge in [-0.3, -0.25) is 4.79 Å². The van der Waals surface area contributed by atoms with Gasteiger partial charge in [0.05, 0.1) is 25.6 Å². The zero-order chi connectivity index (χ0) is 18.4. The Kier molecular flexibility index (Phi) is 4.30. The Labute approximate surface area is 135 Å². The number of H-pyrrole nitrogens is 1. The third-order valence-electron chi connectivity index (χ3n) is 3.44. The summed E-state index contributed by atoms with van der Waals surface area (Å²) in [5.74, 6) is 5.39. The van der Waals surface area contributed by atoms with Crippen molar-refractivity contribution in [3.05, 3.63) is 22.4 Å². The van der Waals surface area contributed by atoms with Crippen molar-refractivity contribution < 1.29 is 16.3 Å². The molecule has 0 radical (unpaired) electrons. The molecule has 1 aliphatic rings. The first-order valence-corrected chi connectivity index (χ1v) is 6.72. The third kappa shape index (κ3) is 2.97. The quantitative estimate of drug-likeness (QED) is 0.515. The van der Waals surface area contributed by atoms with E-state index in [9.17, 15) is 9.90 Å². The Morgan fingerprint density at radius 2 is 2.57 bits per heavy atom. The number of nitrogens with one attached hydrogen (secondary N) is 1. The average molecular weight is 324 g/mol. The van der Waals surface area contributed by atoms with E-state index in [1.807, 2.05) is 0 Å². The SMILES string of the molecule is [2H]OCC1OC(n2nc(C#CCN)c3c(=O)[nH]cnc32)CC1O.[3H]C. The Morgan fingerprint density at radius 1 is 1.74 bits per heavy atom. The predicted molar refractivity (Wildman–Crippen MR) is 82.4 cm³/mol. The van der Waals surface area contributed by atoms with Crippen molar-refractivity contribution in [2.24, 2.45) is 5.73 Å². The normalized spacial score (nSPS) is 24.2. The van der Waals surface area contributed by atoms with E-state index >= 15 is 0 Å². The maximum atomic E-state index is 12.0. The van der Waals surface area contributed by atoms with Crippen molar-refractivity contribution in [1.82, 2.24) is 19.7 Å². The summed E-state index contributed by atoms with van der Waals surface area (Å²) in [6, 6.07) is 0. The minimum atomic E-state index is -0.801. The molecule has 9 nitrogen and oxygen atoms in total. The average Bonchev–Trinajstić information content (AvgIpc) is 3.17. The Bertz CT molecular complexity index is 828. The second kappa shape index (κ2) is 6.89. The Balaban J connectivity index is 0.00000109. The molecule has 2 aromatic heterocycles. The molecular weight excluding hydrogens is 302 g/mol. The molecule has 0 saturated carbocycles. The summed E-state index contributed by atoms with van der Waals surface area (Å²) in [5, 5.41) is 18.8. The van der Waals surface area contributed by atoms with Gasteiger partial charge in [-0.05, 0) is 5.92 Å². The minimum absolute atomic E-state index is 0.0648. The fraction of sp³-hybridized carbons (Fsp3) is 0.500. The molecule has 5 N–H and O–H groups in total. The summed E-state index contributed by atoms with van der Waals surface area (Å²) >= 11 is 0. The van der Waals surface area contributed by atoms with Gasteiger partial charge in [-0.25, -0.2) is 9.67 Å². The summed E-state index contributed by atoms with van der Waals surface area (Å²) in [6.45, 7) is 0.0682. The summed E-state index contributed by atoms with van der Waals surface area (Å²) < 4.78 is 19.6. The van der Waals surface area contributed by atoms with Gasteiger partial charge in [-0.2, -0.15) is 5.10 Å². The molecule has 0 aromatic carbocycles. The van der Waals surface area contributed by atoms with Crippen LogP contribution in [0.1, 0.15) is 27.1 Å². The largest absolute Gasteiger partial charge is 0.394 e. The first-order valence-electron chi connectivity index (χ1n) is 8.13. The molecule has 124 valence electrons. The number of ether oxygens (including phenoxy) is 1. The van der Waals surface area contributed by atoms with Crippen LogP contribution in [-0.4, -0.2) is 56.8 Å². The van der Waals surface area contributed by atoms with Crippen molar-refractivity contribution in [2.75, 3.05) is 13.2 Å². The first-order chi connectivity index (χ1) is 12.2. The van der Waals surface area contributed by atoms with E-state index < -0.39 is 18.4 Å². The lowest BCUT2D eigenvalue weighted by Gasteiger charge is -2.12. The Morgan fingerprint density at radius 3 is 3.30 bits per heavy atom. The van der Waals surface area contributed by atoms with Crippen LogP contribution < -0.4 is 11.3 Å². The number of hydrogen-bond donors (Lipinski definition) is 4. The molecule has 0 amide bonds. The van der Waals surface area contributed by atoms with Gasteiger partial charge in [-0.15, -0.1) is 0 Å². The third-order valence-corrected chi connectivity index (χ3v) is 3.44. The highest BCUT2D eigenvalue weighted by atomic mass is 16.5. The van der Waals surface area contributed by atoms with Crippen LogP contribution in [0.4, 0.5) is 0 Å². The van der Waals surface area contributed by atoms with E-state index in [2.05, 4.69) is 32.0 Å². The number of fused-ring (bicyclic) bond motifs is 1. The van der Waals surface area contributed by atoms with E-state index in [0.717, 1.165) is 0 Å². The molecule has 23 heavy (non-hydrogen) atoms. The zero-order valence-corrected chi connectivity index (χ0v) is 12.5. The van der Waals surface area contributed by atoms with Crippen LogP contribution in [0, 0.1) is 11.8 Å². The number of aromatic amines is 1. The molecule has 3 rings (SSSR count). The van der Waals surface area contributed by atoms with Gasteiger partial charge in [0.2, 0.25) is 1.43 Å². The number of aliphatic hydroxyl groups is 2. The highest BCUT2D eigenvalue weighted by Gasteiger charge is 2.36.